The second-order valence-corrected chi connectivity index (χ2v) is 4.10. The minimum absolute atomic E-state index is 0.136. The number of nitrogens with one attached hydrogen (secondary N) is 2. The van der Waals surface area contributed by atoms with Crippen molar-refractivity contribution in [1.82, 2.24) is 9.97 Å². The summed E-state index contributed by atoms with van der Waals surface area (Å²) in [7, 11) is 0. The molecule has 1 aromatic rings. The summed E-state index contributed by atoms with van der Waals surface area (Å²) in [6.07, 6.45) is 0.556. The summed E-state index contributed by atoms with van der Waals surface area (Å²) in [5.41, 5.74) is 4.80. The number of aliphatic hydroxyl groups excluding tert-OH is 2. The maximum absolute atomic E-state index is 9.37. The number of nitrogens with two attached hydrogens (primary N) is 1. The fourth-order valence-electron chi connectivity index (χ4n) is 1.51. The largest absolute Gasteiger partial charge is 0.394 e. The molecule has 0 aliphatic heterocycles. The SMILES string of the molecule is CCNc1cc(NC(CC)(CO)CO)nc(N)n1. The van der Waals surface area contributed by atoms with E-state index in [9.17, 15) is 10.2 Å². The van der Waals surface area contributed by atoms with Gasteiger partial charge in [-0.05, 0) is 13.3 Å². The lowest BCUT2D eigenvalue weighted by Gasteiger charge is -2.30. The lowest BCUT2D eigenvalue weighted by molar-refractivity contribution is 0.132. The summed E-state index contributed by atoms with van der Waals surface area (Å²) < 4.78 is 0. The van der Waals surface area contributed by atoms with Gasteiger partial charge < -0.3 is 26.6 Å². The Labute approximate surface area is 106 Å². The van der Waals surface area contributed by atoms with E-state index in [1.807, 2.05) is 13.8 Å². The van der Waals surface area contributed by atoms with Crippen LogP contribution >= 0.6 is 0 Å². The Morgan fingerprint density at radius 1 is 1.22 bits per heavy atom. The van der Waals surface area contributed by atoms with E-state index in [1.165, 1.54) is 0 Å². The summed E-state index contributed by atoms with van der Waals surface area (Å²) >= 11 is 0. The molecular weight excluding hydrogens is 234 g/mol. The minimum atomic E-state index is -0.801. The van der Waals surface area contributed by atoms with Gasteiger partial charge in [0.25, 0.3) is 0 Å². The third-order valence-electron chi connectivity index (χ3n) is 2.78. The van der Waals surface area contributed by atoms with Crippen molar-refractivity contribution in [2.75, 3.05) is 36.1 Å². The van der Waals surface area contributed by atoms with E-state index < -0.39 is 5.54 Å². The highest BCUT2D eigenvalue weighted by atomic mass is 16.3. The first-order chi connectivity index (χ1) is 8.59. The molecule has 0 spiro atoms. The molecule has 102 valence electrons. The molecule has 0 aliphatic rings. The summed E-state index contributed by atoms with van der Waals surface area (Å²) in [5.74, 6) is 1.22. The first-order valence-corrected chi connectivity index (χ1v) is 5.97. The van der Waals surface area contributed by atoms with E-state index in [0.29, 0.717) is 18.1 Å². The average Bonchev–Trinajstić information content (AvgIpc) is 2.36. The Morgan fingerprint density at radius 2 is 1.83 bits per heavy atom. The molecule has 18 heavy (non-hydrogen) atoms. The predicted octanol–water partition coefficient (Wildman–Crippen LogP) is 0.0359. The van der Waals surface area contributed by atoms with Crippen LogP contribution in [0.5, 0.6) is 0 Å². The van der Waals surface area contributed by atoms with Crippen LogP contribution in [0.1, 0.15) is 20.3 Å². The van der Waals surface area contributed by atoms with E-state index in [-0.39, 0.29) is 19.2 Å². The summed E-state index contributed by atoms with van der Waals surface area (Å²) in [4.78, 5) is 8.06. The lowest BCUT2D eigenvalue weighted by atomic mass is 9.98. The first-order valence-electron chi connectivity index (χ1n) is 5.97. The number of anilines is 3. The van der Waals surface area contributed by atoms with Gasteiger partial charge in [-0.1, -0.05) is 6.92 Å². The van der Waals surface area contributed by atoms with Gasteiger partial charge >= 0.3 is 0 Å². The molecule has 1 rings (SSSR count). The number of hydrogen-bond donors (Lipinski definition) is 5. The third-order valence-corrected chi connectivity index (χ3v) is 2.78. The molecule has 0 aromatic carbocycles. The second-order valence-electron chi connectivity index (χ2n) is 4.10. The molecule has 0 aliphatic carbocycles. The van der Waals surface area contributed by atoms with Crippen molar-refractivity contribution in [2.24, 2.45) is 0 Å². The zero-order chi connectivity index (χ0) is 13.6. The monoisotopic (exact) mass is 255 g/mol. The molecule has 0 fully saturated rings. The van der Waals surface area contributed by atoms with Crippen molar-refractivity contribution >= 4 is 17.6 Å². The van der Waals surface area contributed by atoms with Crippen LogP contribution < -0.4 is 16.4 Å². The summed E-state index contributed by atoms with van der Waals surface area (Å²) in [5, 5.41) is 24.8. The fraction of sp³-hybridized carbons (Fsp3) is 0.636. The smallest absolute Gasteiger partial charge is 0.223 e. The van der Waals surface area contributed by atoms with Gasteiger partial charge in [-0.3, -0.25) is 0 Å². The molecule has 0 bridgehead atoms. The predicted molar refractivity (Wildman–Crippen MR) is 71.4 cm³/mol. The number of rotatable bonds is 7. The standard InChI is InChI=1S/C11H21N5O2/c1-3-11(6-17,7-18)16-9-5-8(13-4-2)14-10(12)15-9/h5,17-18H,3-4,6-7H2,1-2H3,(H4,12,13,14,15,16). The Hall–Kier alpha value is -1.60. The summed E-state index contributed by atoms with van der Waals surface area (Å²) in [6.45, 7) is 4.15. The quantitative estimate of drug-likeness (QED) is 0.467. The van der Waals surface area contributed by atoms with Gasteiger partial charge in [-0.15, -0.1) is 0 Å². The number of aliphatic hydroxyl groups is 2. The fourth-order valence-corrected chi connectivity index (χ4v) is 1.51. The Bertz CT molecular complexity index is 373. The average molecular weight is 255 g/mol. The molecule has 1 aromatic heterocycles. The van der Waals surface area contributed by atoms with Crippen LogP contribution in [0.4, 0.5) is 17.6 Å². The van der Waals surface area contributed by atoms with Gasteiger partial charge in [0, 0.05) is 12.6 Å². The summed E-state index contributed by atoms with van der Waals surface area (Å²) in [6, 6.07) is 1.69. The maximum atomic E-state index is 9.37. The van der Waals surface area contributed by atoms with Crippen LogP contribution in [-0.2, 0) is 0 Å². The van der Waals surface area contributed by atoms with Gasteiger partial charge in [0.05, 0.1) is 18.8 Å². The first kappa shape index (κ1) is 14.5. The molecule has 7 nitrogen and oxygen atoms in total. The number of nitrogens with zero attached hydrogens (tertiary/aromatic N) is 2. The van der Waals surface area contributed by atoms with E-state index >= 15 is 0 Å². The third kappa shape index (κ3) is 3.44. The zero-order valence-corrected chi connectivity index (χ0v) is 10.8. The van der Waals surface area contributed by atoms with Crippen molar-refractivity contribution < 1.29 is 10.2 Å². The number of hydrogen-bond acceptors (Lipinski definition) is 7. The molecule has 6 N–H and O–H groups in total. The normalized spacial score (nSPS) is 11.3. The Kier molecular flexibility index (Phi) is 5.11. The molecule has 0 atom stereocenters. The molecule has 0 radical (unpaired) electrons. The lowest BCUT2D eigenvalue weighted by Crippen LogP contribution is -2.45. The highest BCUT2D eigenvalue weighted by molar-refractivity contribution is 5.52. The number of aromatic nitrogens is 2. The topological polar surface area (TPSA) is 116 Å². The van der Waals surface area contributed by atoms with Crippen LogP contribution in [0, 0.1) is 0 Å². The van der Waals surface area contributed by atoms with Gasteiger partial charge in [-0.2, -0.15) is 9.97 Å². The minimum Gasteiger partial charge on any atom is -0.394 e. The highest BCUT2D eigenvalue weighted by Gasteiger charge is 2.27. The molecule has 0 unspecified atom stereocenters. The van der Waals surface area contributed by atoms with E-state index in [1.54, 1.807) is 6.07 Å². The number of nitrogen functional groups attached to an aromatic ring is 1. The molecule has 0 saturated carbocycles. The zero-order valence-electron chi connectivity index (χ0n) is 10.8. The molecule has 0 amide bonds. The van der Waals surface area contributed by atoms with Crippen molar-refractivity contribution in [1.29, 1.82) is 0 Å². The van der Waals surface area contributed by atoms with Gasteiger partial charge in [0.2, 0.25) is 5.95 Å². The van der Waals surface area contributed by atoms with Crippen molar-refractivity contribution in [3.63, 3.8) is 0 Å². The Morgan fingerprint density at radius 3 is 2.33 bits per heavy atom. The van der Waals surface area contributed by atoms with E-state index in [4.69, 9.17) is 5.73 Å². The van der Waals surface area contributed by atoms with Crippen LogP contribution in [0.25, 0.3) is 0 Å². The van der Waals surface area contributed by atoms with Crippen LogP contribution in [0.3, 0.4) is 0 Å². The van der Waals surface area contributed by atoms with Crippen LogP contribution in [0.2, 0.25) is 0 Å². The Balaban J connectivity index is 2.95. The van der Waals surface area contributed by atoms with Crippen LogP contribution in [0.15, 0.2) is 6.07 Å². The highest BCUT2D eigenvalue weighted by Crippen LogP contribution is 2.19. The van der Waals surface area contributed by atoms with Crippen molar-refractivity contribution in [3.8, 4) is 0 Å². The van der Waals surface area contributed by atoms with E-state index in [0.717, 1.165) is 6.54 Å². The van der Waals surface area contributed by atoms with Gasteiger partial charge in [0.15, 0.2) is 0 Å². The maximum Gasteiger partial charge on any atom is 0.223 e. The molecular formula is C11H21N5O2. The molecule has 7 heteroatoms. The second kappa shape index (κ2) is 6.36. The van der Waals surface area contributed by atoms with Gasteiger partial charge in [0.1, 0.15) is 11.6 Å². The van der Waals surface area contributed by atoms with Crippen molar-refractivity contribution in [3.05, 3.63) is 6.07 Å². The van der Waals surface area contributed by atoms with Crippen molar-refractivity contribution in [2.45, 2.75) is 25.8 Å². The molecule has 0 saturated heterocycles. The van der Waals surface area contributed by atoms with E-state index in [2.05, 4.69) is 20.6 Å². The van der Waals surface area contributed by atoms with Crippen LogP contribution in [-0.4, -0.2) is 45.5 Å². The van der Waals surface area contributed by atoms with Gasteiger partial charge in [-0.25, -0.2) is 0 Å². The molecule has 1 heterocycles.